The average molecular weight is 189 g/mol. The number of hydrogen-bond acceptors (Lipinski definition) is 3. The van der Waals surface area contributed by atoms with Gasteiger partial charge in [0, 0.05) is 14.0 Å². The van der Waals surface area contributed by atoms with Gasteiger partial charge in [-0.15, -0.1) is 0 Å². The summed E-state index contributed by atoms with van der Waals surface area (Å²) in [5.41, 5.74) is 0. The lowest BCUT2D eigenvalue weighted by atomic mass is 10.2. The van der Waals surface area contributed by atoms with Crippen LogP contribution in [0.25, 0.3) is 0 Å². The highest BCUT2D eigenvalue weighted by atomic mass is 16.4. The standard InChI is InChI=1S/C7H11NO5/c1-4(9)8(2)5(7(12)13)3-6(10)11/h5H,3H2,1-2H3,(H,10,11)(H,12,13)/t5-/m0/s1. The number of nitrogens with zero attached hydrogens (tertiary/aromatic N) is 1. The third kappa shape index (κ3) is 3.55. The van der Waals surface area contributed by atoms with Crippen LogP contribution in [0, 0.1) is 0 Å². The maximum atomic E-state index is 10.7. The molecule has 2 N–H and O–H groups in total. The number of aliphatic carboxylic acids is 2. The van der Waals surface area contributed by atoms with E-state index in [0.29, 0.717) is 0 Å². The summed E-state index contributed by atoms with van der Waals surface area (Å²) in [6.45, 7) is 1.18. The molecule has 0 aromatic heterocycles. The van der Waals surface area contributed by atoms with E-state index in [9.17, 15) is 14.4 Å². The molecule has 6 nitrogen and oxygen atoms in total. The Kier molecular flexibility index (Phi) is 3.90. The second kappa shape index (κ2) is 4.44. The van der Waals surface area contributed by atoms with Crippen LogP contribution in [0.1, 0.15) is 13.3 Å². The van der Waals surface area contributed by atoms with E-state index in [1.807, 2.05) is 0 Å². The molecule has 0 radical (unpaired) electrons. The van der Waals surface area contributed by atoms with Crippen LogP contribution in [-0.2, 0) is 14.4 Å². The summed E-state index contributed by atoms with van der Waals surface area (Å²) in [7, 11) is 1.25. The van der Waals surface area contributed by atoms with Crippen molar-refractivity contribution >= 4 is 17.8 Å². The number of hydrogen-bond donors (Lipinski definition) is 2. The Labute approximate surface area is 74.8 Å². The van der Waals surface area contributed by atoms with Gasteiger partial charge in [0.05, 0.1) is 6.42 Å². The van der Waals surface area contributed by atoms with Gasteiger partial charge in [0.2, 0.25) is 5.91 Å². The molecule has 13 heavy (non-hydrogen) atoms. The number of carboxylic acids is 2. The molecule has 0 spiro atoms. The van der Waals surface area contributed by atoms with Gasteiger partial charge in [-0.1, -0.05) is 0 Å². The zero-order chi connectivity index (χ0) is 10.6. The van der Waals surface area contributed by atoms with Crippen LogP contribution >= 0.6 is 0 Å². The molecule has 0 unspecified atom stereocenters. The van der Waals surface area contributed by atoms with E-state index in [1.165, 1.54) is 14.0 Å². The molecule has 1 atom stereocenters. The number of carbonyl (C=O) groups excluding carboxylic acids is 1. The van der Waals surface area contributed by atoms with Crippen LogP contribution in [0.15, 0.2) is 0 Å². The molecule has 0 aliphatic rings. The Bertz CT molecular complexity index is 237. The van der Waals surface area contributed by atoms with Gasteiger partial charge in [0.15, 0.2) is 0 Å². The van der Waals surface area contributed by atoms with E-state index >= 15 is 0 Å². The highest BCUT2D eigenvalue weighted by Crippen LogP contribution is 2.02. The van der Waals surface area contributed by atoms with Crippen molar-refractivity contribution in [2.45, 2.75) is 19.4 Å². The summed E-state index contributed by atoms with van der Waals surface area (Å²) in [5, 5.41) is 16.9. The molecule has 0 heterocycles. The predicted molar refractivity (Wildman–Crippen MR) is 42.1 cm³/mol. The zero-order valence-electron chi connectivity index (χ0n) is 7.35. The van der Waals surface area contributed by atoms with E-state index < -0.39 is 30.3 Å². The van der Waals surface area contributed by atoms with E-state index in [-0.39, 0.29) is 0 Å². The molecular formula is C7H11NO5. The number of amides is 1. The van der Waals surface area contributed by atoms with Crippen molar-refractivity contribution in [2.24, 2.45) is 0 Å². The van der Waals surface area contributed by atoms with Crippen molar-refractivity contribution in [3.63, 3.8) is 0 Å². The Morgan fingerprint density at radius 2 is 1.77 bits per heavy atom. The van der Waals surface area contributed by atoms with E-state index in [2.05, 4.69) is 0 Å². The van der Waals surface area contributed by atoms with Crippen molar-refractivity contribution in [3.8, 4) is 0 Å². The molecular weight excluding hydrogens is 178 g/mol. The second-order valence-corrected chi connectivity index (χ2v) is 2.58. The zero-order valence-corrected chi connectivity index (χ0v) is 7.35. The third-order valence-electron chi connectivity index (χ3n) is 1.62. The van der Waals surface area contributed by atoms with Gasteiger partial charge in [-0.25, -0.2) is 4.79 Å². The van der Waals surface area contributed by atoms with Gasteiger partial charge in [-0.3, -0.25) is 9.59 Å². The van der Waals surface area contributed by atoms with Crippen molar-refractivity contribution in [1.82, 2.24) is 4.90 Å². The summed E-state index contributed by atoms with van der Waals surface area (Å²) < 4.78 is 0. The van der Waals surface area contributed by atoms with Crippen LogP contribution in [0.5, 0.6) is 0 Å². The fraction of sp³-hybridized carbons (Fsp3) is 0.571. The molecule has 1 amide bonds. The quantitative estimate of drug-likeness (QED) is 0.615. The van der Waals surface area contributed by atoms with Crippen LogP contribution < -0.4 is 0 Å². The van der Waals surface area contributed by atoms with Gasteiger partial charge in [0.1, 0.15) is 6.04 Å². The number of rotatable bonds is 4. The Morgan fingerprint density at radius 1 is 1.31 bits per heavy atom. The smallest absolute Gasteiger partial charge is 0.327 e. The van der Waals surface area contributed by atoms with Crippen LogP contribution in [0.4, 0.5) is 0 Å². The first-order valence-electron chi connectivity index (χ1n) is 3.54. The molecule has 0 aliphatic carbocycles. The summed E-state index contributed by atoms with van der Waals surface area (Å²) in [4.78, 5) is 32.4. The predicted octanol–water partition coefficient (Wildman–Crippen LogP) is -0.607. The summed E-state index contributed by atoms with van der Waals surface area (Å²) >= 11 is 0. The molecule has 74 valence electrons. The van der Waals surface area contributed by atoms with Gasteiger partial charge in [-0.05, 0) is 0 Å². The summed E-state index contributed by atoms with van der Waals surface area (Å²) in [6.07, 6.45) is -0.592. The number of carboxylic acid groups (broad SMARTS) is 2. The molecule has 6 heteroatoms. The first-order valence-corrected chi connectivity index (χ1v) is 3.54. The molecule has 0 bridgehead atoms. The minimum Gasteiger partial charge on any atom is -0.481 e. The highest BCUT2D eigenvalue weighted by Gasteiger charge is 2.26. The third-order valence-corrected chi connectivity index (χ3v) is 1.62. The van der Waals surface area contributed by atoms with Crippen molar-refractivity contribution in [2.75, 3.05) is 7.05 Å². The van der Waals surface area contributed by atoms with E-state index in [1.54, 1.807) is 0 Å². The van der Waals surface area contributed by atoms with Crippen molar-refractivity contribution < 1.29 is 24.6 Å². The molecule has 0 rings (SSSR count). The Morgan fingerprint density at radius 3 is 2.00 bits per heavy atom. The molecule has 0 aromatic carbocycles. The maximum Gasteiger partial charge on any atom is 0.327 e. The Balaban J connectivity index is 4.51. The lowest BCUT2D eigenvalue weighted by Gasteiger charge is -2.21. The van der Waals surface area contributed by atoms with Gasteiger partial charge in [-0.2, -0.15) is 0 Å². The highest BCUT2D eigenvalue weighted by molar-refractivity contribution is 5.85. The van der Waals surface area contributed by atoms with E-state index in [0.717, 1.165) is 4.90 Å². The van der Waals surface area contributed by atoms with Crippen molar-refractivity contribution in [3.05, 3.63) is 0 Å². The lowest BCUT2D eigenvalue weighted by Crippen LogP contribution is -2.42. The van der Waals surface area contributed by atoms with Crippen molar-refractivity contribution in [1.29, 1.82) is 0 Å². The number of likely N-dealkylation sites (N-methyl/N-ethyl adjacent to an activating group) is 1. The minimum atomic E-state index is -1.32. The topological polar surface area (TPSA) is 94.9 Å². The van der Waals surface area contributed by atoms with Crippen LogP contribution in [-0.4, -0.2) is 46.0 Å². The fourth-order valence-electron chi connectivity index (χ4n) is 0.775. The Hall–Kier alpha value is -1.59. The largest absolute Gasteiger partial charge is 0.481 e. The second-order valence-electron chi connectivity index (χ2n) is 2.58. The fourth-order valence-corrected chi connectivity index (χ4v) is 0.775. The molecule has 0 fully saturated rings. The maximum absolute atomic E-state index is 10.7. The monoisotopic (exact) mass is 189 g/mol. The van der Waals surface area contributed by atoms with Gasteiger partial charge < -0.3 is 15.1 Å². The normalized spacial score (nSPS) is 11.8. The molecule has 0 saturated heterocycles. The van der Waals surface area contributed by atoms with Gasteiger partial charge >= 0.3 is 11.9 Å². The number of carbonyl (C=O) groups is 3. The van der Waals surface area contributed by atoms with Gasteiger partial charge in [0.25, 0.3) is 0 Å². The summed E-state index contributed by atoms with van der Waals surface area (Å²) in [5.74, 6) is -3.05. The van der Waals surface area contributed by atoms with E-state index in [4.69, 9.17) is 10.2 Å². The minimum absolute atomic E-state index is 0.478. The lowest BCUT2D eigenvalue weighted by molar-refractivity contribution is -0.152. The summed E-state index contributed by atoms with van der Waals surface area (Å²) in [6, 6.07) is -1.30. The first kappa shape index (κ1) is 11.4. The molecule has 0 aliphatic heterocycles. The SMILES string of the molecule is CC(=O)N(C)[C@@H](CC(=O)O)C(=O)O. The molecule has 0 saturated carbocycles. The first-order chi connectivity index (χ1) is 5.86. The average Bonchev–Trinajstić information content (AvgIpc) is 1.97. The molecule has 0 aromatic rings. The van der Waals surface area contributed by atoms with Crippen LogP contribution in [0.3, 0.4) is 0 Å². The van der Waals surface area contributed by atoms with Crippen LogP contribution in [0.2, 0.25) is 0 Å².